The Morgan fingerprint density at radius 2 is 1.52 bits per heavy atom. The lowest BCUT2D eigenvalue weighted by molar-refractivity contribution is 0.122. The van der Waals surface area contributed by atoms with Crippen LogP contribution in [0.2, 0.25) is 0 Å². The molecule has 1 aromatic heterocycles. The molecule has 0 bridgehead atoms. The summed E-state index contributed by atoms with van der Waals surface area (Å²) in [5.41, 5.74) is 0. The number of hydrogen-bond donors (Lipinski definition) is 0. The zero-order valence-electron chi connectivity index (χ0n) is 15.8. The molecule has 3 aliphatic rings. The van der Waals surface area contributed by atoms with Crippen LogP contribution in [0.5, 0.6) is 0 Å². The van der Waals surface area contributed by atoms with E-state index >= 15 is 0 Å². The normalized spacial score (nSPS) is 24.9. The van der Waals surface area contributed by atoms with Crippen LogP contribution in [0.4, 0.5) is 11.6 Å². The van der Waals surface area contributed by atoms with Gasteiger partial charge < -0.3 is 14.5 Å². The predicted octanol–water partition coefficient (Wildman–Crippen LogP) is 0.260. The number of piperazine rings is 1. The Bertz CT molecular complexity index is 716. The number of anilines is 2. The van der Waals surface area contributed by atoms with Crippen molar-refractivity contribution in [3.05, 3.63) is 12.4 Å². The Labute approximate surface area is 161 Å². The van der Waals surface area contributed by atoms with Crippen molar-refractivity contribution < 1.29 is 13.2 Å². The van der Waals surface area contributed by atoms with Crippen LogP contribution in [0.1, 0.15) is 12.8 Å². The van der Waals surface area contributed by atoms with Crippen molar-refractivity contribution in [1.82, 2.24) is 14.9 Å². The van der Waals surface area contributed by atoms with E-state index in [1.54, 1.807) is 6.33 Å². The van der Waals surface area contributed by atoms with Crippen LogP contribution < -0.4 is 9.80 Å². The van der Waals surface area contributed by atoms with Gasteiger partial charge in [-0.05, 0) is 18.8 Å². The summed E-state index contributed by atoms with van der Waals surface area (Å²) in [7, 11) is -2.77. The molecule has 0 amide bonds. The fourth-order valence-electron chi connectivity index (χ4n) is 4.12. The second kappa shape index (κ2) is 8.28. The molecule has 1 aromatic rings. The summed E-state index contributed by atoms with van der Waals surface area (Å²) in [6.07, 6.45) is 3.30. The molecule has 8 nitrogen and oxygen atoms in total. The van der Waals surface area contributed by atoms with Crippen LogP contribution in [0.3, 0.4) is 0 Å². The maximum Gasteiger partial charge on any atom is 0.150 e. The van der Waals surface area contributed by atoms with E-state index < -0.39 is 9.84 Å². The molecule has 4 heterocycles. The predicted molar refractivity (Wildman–Crippen MR) is 105 cm³/mol. The Morgan fingerprint density at radius 1 is 0.926 bits per heavy atom. The third-order valence-electron chi connectivity index (χ3n) is 5.86. The minimum absolute atomic E-state index is 0.364. The van der Waals surface area contributed by atoms with Crippen LogP contribution in [0.15, 0.2) is 12.4 Å². The molecule has 9 heteroatoms. The van der Waals surface area contributed by atoms with Gasteiger partial charge in [0.1, 0.15) is 27.8 Å². The molecule has 3 saturated heterocycles. The van der Waals surface area contributed by atoms with E-state index in [0.717, 1.165) is 83.5 Å². The van der Waals surface area contributed by atoms with E-state index in [2.05, 4.69) is 30.7 Å². The molecule has 0 spiro atoms. The first-order chi connectivity index (χ1) is 13.1. The highest BCUT2D eigenvalue weighted by molar-refractivity contribution is 7.91. The first kappa shape index (κ1) is 18.9. The molecule has 4 rings (SSSR count). The summed E-state index contributed by atoms with van der Waals surface area (Å²) in [5.74, 6) is 3.22. The summed E-state index contributed by atoms with van der Waals surface area (Å²) >= 11 is 0. The van der Waals surface area contributed by atoms with Gasteiger partial charge in [0.15, 0.2) is 0 Å². The summed E-state index contributed by atoms with van der Waals surface area (Å²) in [4.78, 5) is 16.0. The molecule has 0 N–H and O–H groups in total. The lowest BCUT2D eigenvalue weighted by atomic mass is 10.0. The van der Waals surface area contributed by atoms with E-state index in [0.29, 0.717) is 17.4 Å². The molecule has 0 radical (unpaired) electrons. The maximum atomic E-state index is 11.6. The first-order valence-corrected chi connectivity index (χ1v) is 11.7. The van der Waals surface area contributed by atoms with Crippen molar-refractivity contribution >= 4 is 21.5 Å². The quantitative estimate of drug-likeness (QED) is 0.718. The van der Waals surface area contributed by atoms with Gasteiger partial charge in [-0.1, -0.05) is 0 Å². The molecule has 0 unspecified atom stereocenters. The van der Waals surface area contributed by atoms with Crippen molar-refractivity contribution in [3.63, 3.8) is 0 Å². The van der Waals surface area contributed by atoms with Crippen molar-refractivity contribution in [2.75, 3.05) is 80.3 Å². The van der Waals surface area contributed by atoms with Gasteiger partial charge in [-0.25, -0.2) is 18.4 Å². The molecule has 0 aromatic carbocycles. The zero-order chi connectivity index (χ0) is 18.7. The average molecular weight is 396 g/mol. The minimum atomic E-state index is -2.77. The van der Waals surface area contributed by atoms with Crippen molar-refractivity contribution in [2.45, 2.75) is 12.8 Å². The third kappa shape index (κ3) is 4.89. The molecule has 27 heavy (non-hydrogen) atoms. The fourth-order valence-corrected chi connectivity index (χ4v) is 5.71. The van der Waals surface area contributed by atoms with Gasteiger partial charge in [-0.15, -0.1) is 0 Å². The molecule has 0 saturated carbocycles. The summed E-state index contributed by atoms with van der Waals surface area (Å²) in [6, 6.07) is 2.09. The Kier molecular flexibility index (Phi) is 5.79. The van der Waals surface area contributed by atoms with Crippen LogP contribution in [0, 0.1) is 5.92 Å². The van der Waals surface area contributed by atoms with Gasteiger partial charge in [-0.3, -0.25) is 4.90 Å². The topological polar surface area (TPSA) is 78.9 Å². The summed E-state index contributed by atoms with van der Waals surface area (Å²) < 4.78 is 28.6. The van der Waals surface area contributed by atoms with Gasteiger partial charge in [0.05, 0.1) is 24.7 Å². The van der Waals surface area contributed by atoms with Gasteiger partial charge in [0, 0.05) is 51.9 Å². The fraction of sp³-hybridized carbons (Fsp3) is 0.778. The monoisotopic (exact) mass is 395 g/mol. The van der Waals surface area contributed by atoms with Gasteiger partial charge >= 0.3 is 0 Å². The third-order valence-corrected chi connectivity index (χ3v) is 7.58. The molecule has 3 fully saturated rings. The zero-order valence-corrected chi connectivity index (χ0v) is 16.6. The Hall–Kier alpha value is -1.45. The van der Waals surface area contributed by atoms with Gasteiger partial charge in [-0.2, -0.15) is 0 Å². The Morgan fingerprint density at radius 3 is 2.15 bits per heavy atom. The minimum Gasteiger partial charge on any atom is -0.378 e. The van der Waals surface area contributed by atoms with Gasteiger partial charge in [0.25, 0.3) is 0 Å². The summed E-state index contributed by atoms with van der Waals surface area (Å²) in [5, 5.41) is 0. The van der Waals surface area contributed by atoms with Crippen molar-refractivity contribution in [2.24, 2.45) is 5.92 Å². The molecule has 0 atom stereocenters. The molecule has 150 valence electrons. The number of morpholine rings is 1. The molecular formula is C18H29N5O3S. The first-order valence-electron chi connectivity index (χ1n) is 9.91. The largest absolute Gasteiger partial charge is 0.378 e. The molecular weight excluding hydrogens is 366 g/mol. The number of nitrogens with zero attached hydrogens (tertiary/aromatic N) is 5. The average Bonchev–Trinajstić information content (AvgIpc) is 2.71. The second-order valence-corrected chi connectivity index (χ2v) is 10.0. The molecule has 3 aliphatic heterocycles. The van der Waals surface area contributed by atoms with E-state index in [9.17, 15) is 8.42 Å². The van der Waals surface area contributed by atoms with Crippen LogP contribution in [-0.2, 0) is 14.6 Å². The maximum absolute atomic E-state index is 11.6. The lowest BCUT2D eigenvalue weighted by Crippen LogP contribution is -2.48. The second-order valence-electron chi connectivity index (χ2n) is 7.72. The molecule has 0 aliphatic carbocycles. The van der Waals surface area contributed by atoms with E-state index in [4.69, 9.17) is 4.74 Å². The van der Waals surface area contributed by atoms with Crippen LogP contribution in [-0.4, -0.2) is 93.8 Å². The highest BCUT2D eigenvalue weighted by atomic mass is 32.2. The highest BCUT2D eigenvalue weighted by Crippen LogP contribution is 2.23. The number of rotatable bonds is 4. The van der Waals surface area contributed by atoms with Crippen LogP contribution in [0.25, 0.3) is 0 Å². The van der Waals surface area contributed by atoms with E-state index in [1.165, 1.54) is 0 Å². The van der Waals surface area contributed by atoms with E-state index in [1.807, 2.05) is 0 Å². The standard InChI is InChI=1S/C18H29N5O3S/c24-27(25)11-1-16(2-12-27)14-21-3-5-22(6-4-21)17-13-18(20-15-19-17)23-7-9-26-10-8-23/h13,15-16H,1-12,14H2. The SMILES string of the molecule is O=S1(=O)CCC(CN2CCN(c3cc(N4CCOCC4)ncn3)CC2)CC1. The van der Waals surface area contributed by atoms with E-state index in [-0.39, 0.29) is 0 Å². The van der Waals surface area contributed by atoms with Crippen molar-refractivity contribution in [3.8, 4) is 0 Å². The smallest absolute Gasteiger partial charge is 0.150 e. The number of hydrogen-bond acceptors (Lipinski definition) is 8. The number of aromatic nitrogens is 2. The van der Waals surface area contributed by atoms with Crippen LogP contribution >= 0.6 is 0 Å². The lowest BCUT2D eigenvalue weighted by Gasteiger charge is -2.38. The van der Waals surface area contributed by atoms with Crippen molar-refractivity contribution in [1.29, 1.82) is 0 Å². The number of ether oxygens (including phenoxy) is 1. The highest BCUT2D eigenvalue weighted by Gasteiger charge is 2.27. The van der Waals surface area contributed by atoms with Gasteiger partial charge in [0.2, 0.25) is 0 Å². The number of sulfone groups is 1. The Balaban J connectivity index is 1.29. The summed E-state index contributed by atoms with van der Waals surface area (Å²) in [6.45, 7) is 8.17.